The van der Waals surface area contributed by atoms with E-state index in [-0.39, 0.29) is 12.7 Å². The lowest BCUT2D eigenvalue weighted by Gasteiger charge is -2.06. The van der Waals surface area contributed by atoms with Crippen molar-refractivity contribution < 1.29 is 14.3 Å². The van der Waals surface area contributed by atoms with Gasteiger partial charge in [0.25, 0.3) is 5.91 Å². The molecule has 0 radical (unpaired) electrons. The Balaban J connectivity index is 1.67. The number of aryl methyl sites for hydroxylation is 1. The Morgan fingerprint density at radius 1 is 1.40 bits per heavy atom. The van der Waals surface area contributed by atoms with Gasteiger partial charge >= 0.3 is 0 Å². The minimum atomic E-state index is -0.131. The molecule has 0 saturated heterocycles. The number of aromatic nitrogens is 2. The second-order valence-electron chi connectivity index (χ2n) is 4.64. The number of hydrogen-bond acceptors (Lipinski definition) is 4. The fraction of sp³-hybridized carbons (Fsp3) is 0.286. The molecule has 2 heterocycles. The van der Waals surface area contributed by atoms with Crippen molar-refractivity contribution >= 4 is 5.91 Å². The van der Waals surface area contributed by atoms with Crippen LogP contribution in [-0.2, 0) is 13.6 Å². The van der Waals surface area contributed by atoms with Gasteiger partial charge in [-0.05, 0) is 24.6 Å². The minimum absolute atomic E-state index is 0.131. The van der Waals surface area contributed by atoms with Crippen molar-refractivity contribution in [1.82, 2.24) is 15.1 Å². The van der Waals surface area contributed by atoms with E-state index in [2.05, 4.69) is 10.4 Å². The highest BCUT2D eigenvalue weighted by Crippen LogP contribution is 2.32. The first kappa shape index (κ1) is 12.5. The zero-order valence-electron chi connectivity index (χ0n) is 11.3. The van der Waals surface area contributed by atoms with Crippen molar-refractivity contribution in [3.05, 3.63) is 41.2 Å². The number of ether oxygens (including phenoxy) is 2. The van der Waals surface area contributed by atoms with E-state index in [4.69, 9.17) is 9.47 Å². The fourth-order valence-corrected chi connectivity index (χ4v) is 2.05. The molecule has 6 nitrogen and oxygen atoms in total. The van der Waals surface area contributed by atoms with Crippen LogP contribution in [0, 0.1) is 6.92 Å². The molecular weight excluding hydrogens is 258 g/mol. The van der Waals surface area contributed by atoms with Gasteiger partial charge in [-0.15, -0.1) is 0 Å². The number of nitrogens with zero attached hydrogens (tertiary/aromatic N) is 2. The van der Waals surface area contributed by atoms with E-state index in [0.717, 1.165) is 17.0 Å². The fourth-order valence-electron chi connectivity index (χ4n) is 2.05. The molecule has 1 aliphatic heterocycles. The third-order valence-electron chi connectivity index (χ3n) is 3.37. The maximum Gasteiger partial charge on any atom is 0.255 e. The van der Waals surface area contributed by atoms with Gasteiger partial charge < -0.3 is 14.8 Å². The molecule has 1 aromatic heterocycles. The van der Waals surface area contributed by atoms with Gasteiger partial charge in [0.05, 0.1) is 11.8 Å². The molecule has 0 saturated carbocycles. The second kappa shape index (κ2) is 4.88. The number of hydrogen-bond donors (Lipinski definition) is 1. The summed E-state index contributed by atoms with van der Waals surface area (Å²) < 4.78 is 12.2. The average Bonchev–Trinajstić information content (AvgIpc) is 3.03. The number of carbonyl (C=O) groups is 1. The van der Waals surface area contributed by atoms with Crippen LogP contribution in [0.4, 0.5) is 0 Å². The van der Waals surface area contributed by atoms with Crippen LogP contribution in [0.25, 0.3) is 0 Å². The van der Waals surface area contributed by atoms with Gasteiger partial charge in [0.1, 0.15) is 0 Å². The summed E-state index contributed by atoms with van der Waals surface area (Å²) in [5, 5.41) is 6.93. The maximum absolute atomic E-state index is 12.1. The van der Waals surface area contributed by atoms with E-state index < -0.39 is 0 Å². The monoisotopic (exact) mass is 273 g/mol. The van der Waals surface area contributed by atoms with E-state index in [1.165, 1.54) is 0 Å². The molecule has 0 bridgehead atoms. The molecule has 0 unspecified atom stereocenters. The van der Waals surface area contributed by atoms with Gasteiger partial charge in [-0.3, -0.25) is 9.48 Å². The predicted octanol–water partition coefficient (Wildman–Crippen LogP) is 1.39. The third kappa shape index (κ3) is 2.20. The van der Waals surface area contributed by atoms with Crippen LogP contribution in [0.5, 0.6) is 11.5 Å². The van der Waals surface area contributed by atoms with E-state index in [0.29, 0.717) is 17.9 Å². The SMILES string of the molecule is Cc1c(C(=O)NCc2ccc3c(c2)OCO3)cnn1C. The van der Waals surface area contributed by atoms with Gasteiger partial charge in [-0.25, -0.2) is 0 Å². The molecule has 104 valence electrons. The van der Waals surface area contributed by atoms with Gasteiger partial charge in [-0.2, -0.15) is 5.10 Å². The van der Waals surface area contributed by atoms with Crippen molar-refractivity contribution in [2.24, 2.45) is 7.05 Å². The smallest absolute Gasteiger partial charge is 0.255 e. The first-order chi connectivity index (χ1) is 9.65. The number of rotatable bonds is 3. The summed E-state index contributed by atoms with van der Waals surface area (Å²) in [7, 11) is 1.81. The molecule has 0 aliphatic carbocycles. The van der Waals surface area contributed by atoms with E-state index in [1.807, 2.05) is 32.2 Å². The van der Waals surface area contributed by atoms with Crippen molar-refractivity contribution in [3.63, 3.8) is 0 Å². The number of carbonyl (C=O) groups excluding carboxylic acids is 1. The molecule has 1 aromatic carbocycles. The van der Waals surface area contributed by atoms with Gasteiger partial charge in [0.15, 0.2) is 11.5 Å². The summed E-state index contributed by atoms with van der Waals surface area (Å²) in [6.45, 7) is 2.55. The molecule has 3 rings (SSSR count). The standard InChI is InChI=1S/C14H15N3O3/c1-9-11(7-16-17(9)2)14(18)15-6-10-3-4-12-13(5-10)20-8-19-12/h3-5,7H,6,8H2,1-2H3,(H,15,18). The zero-order chi connectivity index (χ0) is 14.1. The van der Waals surface area contributed by atoms with Crippen LogP contribution >= 0.6 is 0 Å². The Hall–Kier alpha value is -2.50. The van der Waals surface area contributed by atoms with Gasteiger partial charge in [0.2, 0.25) is 6.79 Å². The summed E-state index contributed by atoms with van der Waals surface area (Å²) in [4.78, 5) is 12.1. The quantitative estimate of drug-likeness (QED) is 0.917. The van der Waals surface area contributed by atoms with Crippen LogP contribution in [0.2, 0.25) is 0 Å². The molecule has 2 aromatic rings. The maximum atomic E-state index is 12.1. The van der Waals surface area contributed by atoms with Gasteiger partial charge in [-0.1, -0.05) is 6.07 Å². The molecule has 20 heavy (non-hydrogen) atoms. The lowest BCUT2D eigenvalue weighted by Crippen LogP contribution is -2.23. The molecule has 0 atom stereocenters. The predicted molar refractivity (Wildman–Crippen MR) is 71.7 cm³/mol. The summed E-state index contributed by atoms with van der Waals surface area (Å²) in [5.74, 6) is 1.32. The van der Waals surface area contributed by atoms with Crippen LogP contribution in [-0.4, -0.2) is 22.5 Å². The summed E-state index contributed by atoms with van der Waals surface area (Å²) in [6.07, 6.45) is 1.57. The zero-order valence-corrected chi connectivity index (χ0v) is 11.3. The Kier molecular flexibility index (Phi) is 3.06. The van der Waals surface area contributed by atoms with Crippen molar-refractivity contribution in [2.45, 2.75) is 13.5 Å². The number of fused-ring (bicyclic) bond motifs is 1. The van der Waals surface area contributed by atoms with E-state index in [1.54, 1.807) is 10.9 Å². The molecule has 1 N–H and O–H groups in total. The number of amides is 1. The topological polar surface area (TPSA) is 65.4 Å². The van der Waals surface area contributed by atoms with Crippen molar-refractivity contribution in [1.29, 1.82) is 0 Å². The molecule has 1 amide bonds. The van der Waals surface area contributed by atoms with Crippen LogP contribution in [0.1, 0.15) is 21.6 Å². The Bertz CT molecular complexity index is 664. The second-order valence-corrected chi connectivity index (χ2v) is 4.64. The molecule has 0 fully saturated rings. The summed E-state index contributed by atoms with van der Waals surface area (Å²) in [6, 6.07) is 5.63. The third-order valence-corrected chi connectivity index (χ3v) is 3.37. The van der Waals surface area contributed by atoms with Crippen molar-refractivity contribution in [3.8, 4) is 11.5 Å². The highest BCUT2D eigenvalue weighted by molar-refractivity contribution is 5.94. The van der Waals surface area contributed by atoms with E-state index in [9.17, 15) is 4.79 Å². The average molecular weight is 273 g/mol. The van der Waals surface area contributed by atoms with Gasteiger partial charge in [0, 0.05) is 19.3 Å². The highest BCUT2D eigenvalue weighted by atomic mass is 16.7. The number of nitrogens with one attached hydrogen (secondary N) is 1. The first-order valence-electron chi connectivity index (χ1n) is 6.30. The lowest BCUT2D eigenvalue weighted by atomic mass is 10.2. The van der Waals surface area contributed by atoms with Crippen molar-refractivity contribution in [2.75, 3.05) is 6.79 Å². The lowest BCUT2D eigenvalue weighted by molar-refractivity contribution is 0.0950. The Morgan fingerprint density at radius 3 is 2.95 bits per heavy atom. The Morgan fingerprint density at radius 2 is 2.20 bits per heavy atom. The molecule has 1 aliphatic rings. The van der Waals surface area contributed by atoms with Crippen LogP contribution < -0.4 is 14.8 Å². The molecule has 6 heteroatoms. The first-order valence-corrected chi connectivity index (χ1v) is 6.30. The minimum Gasteiger partial charge on any atom is -0.454 e. The summed E-state index contributed by atoms with van der Waals surface area (Å²) >= 11 is 0. The van der Waals surface area contributed by atoms with E-state index >= 15 is 0 Å². The summed E-state index contributed by atoms with van der Waals surface area (Å²) in [5.41, 5.74) is 2.39. The highest BCUT2D eigenvalue weighted by Gasteiger charge is 2.15. The van der Waals surface area contributed by atoms with Crippen LogP contribution in [0.3, 0.4) is 0 Å². The molecular formula is C14H15N3O3. The largest absolute Gasteiger partial charge is 0.454 e. The Labute approximate surface area is 116 Å². The molecule has 0 spiro atoms. The normalized spacial score (nSPS) is 12.5. The van der Waals surface area contributed by atoms with Crippen LogP contribution in [0.15, 0.2) is 24.4 Å². The number of benzene rings is 1.